The number of H-pyrrole nitrogens is 3. The van der Waals surface area contributed by atoms with E-state index in [0.29, 0.717) is 108 Å². The van der Waals surface area contributed by atoms with Crippen molar-refractivity contribution in [2.75, 3.05) is 35.6 Å². The lowest BCUT2D eigenvalue weighted by atomic mass is 9.84. The van der Waals surface area contributed by atoms with E-state index in [9.17, 15) is 44.1 Å². The molecule has 9 rings (SSSR count). The van der Waals surface area contributed by atoms with Crippen molar-refractivity contribution in [3.05, 3.63) is 179 Å². The van der Waals surface area contributed by atoms with Crippen LogP contribution in [0.5, 0.6) is 17.2 Å². The third-order valence-electron chi connectivity index (χ3n) is 15.6. The number of aromatic nitrogens is 3. The first-order valence-corrected chi connectivity index (χ1v) is 28.1. The maximum absolute atomic E-state index is 14.3. The molecule has 0 spiro atoms. The first-order valence-electron chi connectivity index (χ1n) is 28.1. The summed E-state index contributed by atoms with van der Waals surface area (Å²) in [7, 11) is 0. The highest BCUT2D eigenvalue weighted by Gasteiger charge is 2.45. The molecule has 0 unspecified atom stereocenters. The highest BCUT2D eigenvalue weighted by Crippen LogP contribution is 2.36. The highest BCUT2D eigenvalue weighted by atomic mass is 35.5. The molecule has 0 aliphatic carbocycles. The van der Waals surface area contributed by atoms with Gasteiger partial charge < -0.3 is 80.6 Å². The number of aromatic amines is 3. The summed E-state index contributed by atoms with van der Waals surface area (Å²) in [6, 6.07) is 39.3. The summed E-state index contributed by atoms with van der Waals surface area (Å²) in [5, 5.41) is 40.4. The molecule has 3 heterocycles. The highest BCUT2D eigenvalue weighted by molar-refractivity contribution is 6.23. The number of carbonyl (C=O) groups excluding carboxylic acids is 6. The minimum atomic E-state index is -2.01. The van der Waals surface area contributed by atoms with E-state index in [-0.39, 0.29) is 66.0 Å². The molecule has 3 atom stereocenters. The molecule has 21 N–H and O–H groups in total. The number of ketones is 3. The largest absolute Gasteiger partial charge is 0.508 e. The molecule has 3 aromatic heterocycles. The number of halogens is 1. The third kappa shape index (κ3) is 13.5. The van der Waals surface area contributed by atoms with Crippen molar-refractivity contribution >= 4 is 97.2 Å². The molecule has 0 bridgehead atoms. The van der Waals surface area contributed by atoms with Crippen LogP contribution in [0.15, 0.2) is 146 Å². The van der Waals surface area contributed by atoms with Crippen molar-refractivity contribution in [1.82, 2.24) is 15.0 Å². The second kappa shape index (κ2) is 26.8. The van der Waals surface area contributed by atoms with Crippen LogP contribution in [0, 0.1) is 0 Å². The summed E-state index contributed by atoms with van der Waals surface area (Å²) >= 11 is 0. The van der Waals surface area contributed by atoms with Crippen LogP contribution in [0.4, 0.5) is 17.1 Å². The van der Waals surface area contributed by atoms with Crippen molar-refractivity contribution in [1.29, 1.82) is 0 Å². The predicted octanol–water partition coefficient (Wildman–Crippen LogP) is 7.79. The molecule has 448 valence electrons. The molecule has 3 amide bonds. The topological polar surface area (TPSA) is 403 Å². The van der Waals surface area contributed by atoms with Crippen molar-refractivity contribution in [3.8, 4) is 17.2 Å². The van der Waals surface area contributed by atoms with Gasteiger partial charge in [0.05, 0.1) is 17.1 Å². The minimum absolute atomic E-state index is 0. The second-order valence-electron chi connectivity index (χ2n) is 21.7. The van der Waals surface area contributed by atoms with E-state index in [4.69, 9.17) is 34.4 Å². The summed E-state index contributed by atoms with van der Waals surface area (Å²) in [5.74, 6) is -4.71. The fourth-order valence-electron chi connectivity index (χ4n) is 10.7. The second-order valence-corrected chi connectivity index (χ2v) is 21.7. The first-order chi connectivity index (χ1) is 40.8. The number of unbranched alkanes of at least 4 members (excludes halogenated alkanes) is 3. The number of nitrogens with one attached hydrogen (secondary N) is 6. The fourth-order valence-corrected chi connectivity index (χ4v) is 10.7. The molecule has 0 radical (unpaired) electrons. The van der Waals surface area contributed by atoms with Gasteiger partial charge in [-0.05, 0) is 203 Å². The lowest BCUT2D eigenvalue weighted by Crippen LogP contribution is -2.57. The van der Waals surface area contributed by atoms with Crippen LogP contribution in [0.3, 0.4) is 0 Å². The number of rotatable bonds is 27. The van der Waals surface area contributed by atoms with Gasteiger partial charge in [0.15, 0.2) is 16.6 Å². The average molecular weight is 1190 g/mol. The monoisotopic (exact) mass is 1190 g/mol. The van der Waals surface area contributed by atoms with Gasteiger partial charge in [-0.25, -0.2) is 0 Å². The smallest absolute Gasteiger partial charge is 0.252 e. The molecule has 0 saturated heterocycles. The number of hydrogen-bond donors (Lipinski definition) is 15. The Morgan fingerprint density at radius 1 is 0.384 bits per heavy atom. The summed E-state index contributed by atoms with van der Waals surface area (Å²) in [5.41, 5.74) is 36.9. The molecule has 9 aromatic rings. The summed E-state index contributed by atoms with van der Waals surface area (Å²) in [4.78, 5) is 94.5. The number of benzene rings is 6. The summed E-state index contributed by atoms with van der Waals surface area (Å²) in [6.07, 6.45) is 2.66. The average Bonchev–Trinajstić information content (AvgIpc) is 2.12. The number of carbonyl (C=O) groups is 6. The van der Waals surface area contributed by atoms with Gasteiger partial charge in [0.2, 0.25) is 17.3 Å². The summed E-state index contributed by atoms with van der Waals surface area (Å²) < 4.78 is 0. The fraction of sp³-hybridized carbons (Fsp3) is 0.250. The lowest BCUT2D eigenvalue weighted by molar-refractivity contribution is -0.120. The third-order valence-corrected chi connectivity index (χ3v) is 15.6. The molecule has 0 aliphatic heterocycles. The maximum atomic E-state index is 14.3. The van der Waals surface area contributed by atoms with Crippen LogP contribution >= 0.6 is 12.4 Å². The van der Waals surface area contributed by atoms with Gasteiger partial charge in [-0.3, -0.25) is 28.8 Å². The molecular formula is C64H71ClN12O9. The number of amides is 3. The van der Waals surface area contributed by atoms with Gasteiger partial charge in [0.25, 0.3) is 17.7 Å². The number of Topliss-reactive ketones (excluding diaryl/α,β-unsaturated/α-hetero) is 3. The molecular weight excluding hydrogens is 1120 g/mol. The van der Waals surface area contributed by atoms with E-state index >= 15 is 0 Å². The first kappa shape index (κ1) is 62.8. The Bertz CT molecular complexity index is 3540. The number of nitrogens with two attached hydrogens (primary N) is 6. The lowest BCUT2D eigenvalue weighted by Gasteiger charge is -2.27. The number of hydrogen-bond acceptors (Lipinski definition) is 15. The molecule has 86 heavy (non-hydrogen) atoms. The van der Waals surface area contributed by atoms with Gasteiger partial charge in [0.1, 0.15) is 17.2 Å². The Balaban J connectivity index is 0.00000961. The van der Waals surface area contributed by atoms with Crippen molar-refractivity contribution in [2.45, 2.75) is 80.3 Å². The molecule has 0 saturated carbocycles. The zero-order valence-corrected chi connectivity index (χ0v) is 47.9. The maximum Gasteiger partial charge on any atom is 0.252 e. The van der Waals surface area contributed by atoms with E-state index in [2.05, 4.69) is 30.9 Å². The van der Waals surface area contributed by atoms with Gasteiger partial charge in [-0.2, -0.15) is 0 Å². The number of fused-ring (bicyclic) bond motifs is 3. The Kier molecular flexibility index (Phi) is 19.6. The Morgan fingerprint density at radius 3 is 0.884 bits per heavy atom. The number of anilines is 3. The van der Waals surface area contributed by atoms with Gasteiger partial charge >= 0.3 is 0 Å². The predicted molar refractivity (Wildman–Crippen MR) is 336 cm³/mol. The van der Waals surface area contributed by atoms with Gasteiger partial charge in [-0.1, -0.05) is 36.4 Å². The van der Waals surface area contributed by atoms with Crippen LogP contribution in [0.25, 0.3) is 32.7 Å². The van der Waals surface area contributed by atoms with E-state index < -0.39 is 57.6 Å². The van der Waals surface area contributed by atoms with Gasteiger partial charge in [-0.15, -0.1) is 12.4 Å². The van der Waals surface area contributed by atoms with Crippen molar-refractivity contribution in [3.63, 3.8) is 0 Å². The minimum Gasteiger partial charge on any atom is -0.508 e. The van der Waals surface area contributed by atoms with Crippen molar-refractivity contribution < 1.29 is 44.1 Å². The molecule has 6 aromatic carbocycles. The van der Waals surface area contributed by atoms with E-state index in [1.54, 1.807) is 109 Å². The molecule has 22 heteroatoms. The molecule has 21 nitrogen and oxygen atoms in total. The Morgan fingerprint density at radius 2 is 0.640 bits per heavy atom. The quantitative estimate of drug-likeness (QED) is 0.0101. The van der Waals surface area contributed by atoms with Crippen LogP contribution in [0.2, 0.25) is 0 Å². The van der Waals surface area contributed by atoms with Crippen molar-refractivity contribution in [2.24, 2.45) is 34.4 Å². The standard InChI is InChI=1S/C64H70N12O9.ClH/c65-28-4-1-25-62(68,56(80)52-34-40-31-46(77)19-22-49(40)74-52)59(83)71-43-13-7-37(8-14-43)55(38-9-15-44(16-10-38)72-60(84)63(69,26-2-5-29-66)57(81)53-35-41-32-47(78)20-23-50(41)75-53)39-11-17-45(18-12-39)73-61(85)64(70,27-3-6-30-67)58(82)54-36-42-33-48(79)21-24-51(42)76-54;/h7-24,31-36,55,74-79H,1-6,25-30,65-70H2,(H,71,83)(H,72,84)(H,73,85);1H/t62-,63-,64-;/m0./s1. The number of aromatic hydroxyl groups is 3. The van der Waals surface area contributed by atoms with Crippen LogP contribution < -0.4 is 50.4 Å². The SMILES string of the molecule is Cl.NCCCC[C@@](N)(C(=O)Nc1ccc(C(c2ccc(NC(=O)[C@](N)(CCCCN)C(=O)c3cc4cc(O)ccc4[nH]3)cc2)c2ccc(NC(=O)[C@](N)(CCCCN)C(=O)c3cc4cc(O)ccc4[nH]3)cc2)cc1)C(=O)c1cc2cc(O)ccc2[nH]1. The number of phenolic OH excluding ortho intramolecular Hbond substituents is 3. The Labute approximate surface area is 501 Å². The van der Waals surface area contributed by atoms with E-state index in [1.807, 2.05) is 0 Å². The Hall–Kier alpha value is -9.19. The zero-order valence-electron chi connectivity index (χ0n) is 47.1. The van der Waals surface area contributed by atoms with E-state index in [1.165, 1.54) is 36.4 Å². The number of phenols is 3. The molecule has 0 fully saturated rings. The van der Waals surface area contributed by atoms with Gasteiger partial charge in [0, 0.05) is 55.7 Å². The molecule has 0 aliphatic rings. The van der Waals surface area contributed by atoms with Crippen LogP contribution in [0.1, 0.15) is 112 Å². The van der Waals surface area contributed by atoms with Crippen LogP contribution in [-0.2, 0) is 14.4 Å². The summed E-state index contributed by atoms with van der Waals surface area (Å²) in [6.45, 7) is 0.975. The van der Waals surface area contributed by atoms with E-state index in [0.717, 1.165) is 16.7 Å². The zero-order chi connectivity index (χ0) is 60.6. The normalized spacial score (nSPS) is 13.6. The van der Waals surface area contributed by atoms with Crippen LogP contribution in [-0.4, -0.2) is 102 Å².